The van der Waals surface area contributed by atoms with Gasteiger partial charge in [0.1, 0.15) is 11.8 Å². The van der Waals surface area contributed by atoms with E-state index in [9.17, 15) is 5.11 Å². The quantitative estimate of drug-likeness (QED) is 0.678. The molecule has 0 unspecified atom stereocenters. The third-order valence-electron chi connectivity index (χ3n) is 3.02. The van der Waals surface area contributed by atoms with E-state index in [1.807, 2.05) is 6.92 Å². The first-order valence-electron chi connectivity index (χ1n) is 4.98. The number of hydrogen-bond acceptors (Lipinski definition) is 2. The molecular formula is C12H13NO. The molecule has 1 N–H and O–H groups in total. The molecule has 1 aromatic carbocycles. The van der Waals surface area contributed by atoms with Crippen LogP contribution in [-0.4, -0.2) is 5.11 Å². The number of phenols is 1. The molecule has 14 heavy (non-hydrogen) atoms. The van der Waals surface area contributed by atoms with Gasteiger partial charge < -0.3 is 5.11 Å². The highest BCUT2D eigenvalue weighted by atomic mass is 16.3. The van der Waals surface area contributed by atoms with Crippen molar-refractivity contribution in [1.29, 1.82) is 5.26 Å². The minimum absolute atomic E-state index is 0.144. The lowest BCUT2D eigenvalue weighted by Gasteiger charge is -2.19. The van der Waals surface area contributed by atoms with Gasteiger partial charge >= 0.3 is 0 Å². The molecule has 0 bridgehead atoms. The van der Waals surface area contributed by atoms with Gasteiger partial charge in [-0.2, -0.15) is 5.26 Å². The van der Waals surface area contributed by atoms with Gasteiger partial charge in [0.2, 0.25) is 0 Å². The lowest BCUT2D eigenvalue weighted by Crippen LogP contribution is -2.06. The standard InChI is InChI=1S/C12H13NO/c1-8-10-5-3-2-4-9(10)6-12(14)11(8)7-13/h6,14H,2-5H2,1H3. The van der Waals surface area contributed by atoms with Gasteiger partial charge in [0, 0.05) is 0 Å². The predicted octanol–water partition coefficient (Wildman–Crippen LogP) is 2.45. The Bertz CT molecular complexity index is 415. The SMILES string of the molecule is Cc1c(C#N)c(O)cc2c1CCCC2. The Morgan fingerprint density at radius 3 is 2.79 bits per heavy atom. The molecule has 0 aromatic heterocycles. The van der Waals surface area contributed by atoms with Crippen LogP contribution in [0.25, 0.3) is 0 Å². The second kappa shape index (κ2) is 3.34. The minimum Gasteiger partial charge on any atom is -0.507 e. The fraction of sp³-hybridized carbons (Fsp3) is 0.417. The zero-order valence-corrected chi connectivity index (χ0v) is 8.30. The summed E-state index contributed by atoms with van der Waals surface area (Å²) < 4.78 is 0. The molecule has 1 aliphatic rings. The molecule has 0 radical (unpaired) electrons. The summed E-state index contributed by atoms with van der Waals surface area (Å²) in [6, 6.07) is 3.83. The maximum absolute atomic E-state index is 9.62. The fourth-order valence-corrected chi connectivity index (χ4v) is 2.24. The van der Waals surface area contributed by atoms with Gasteiger partial charge in [-0.05, 0) is 55.4 Å². The van der Waals surface area contributed by atoms with Crippen molar-refractivity contribution in [3.05, 3.63) is 28.3 Å². The summed E-state index contributed by atoms with van der Waals surface area (Å²) in [6.45, 7) is 1.93. The highest BCUT2D eigenvalue weighted by Gasteiger charge is 2.16. The van der Waals surface area contributed by atoms with E-state index >= 15 is 0 Å². The Labute approximate surface area is 83.8 Å². The third kappa shape index (κ3) is 1.26. The van der Waals surface area contributed by atoms with E-state index in [0.717, 1.165) is 18.4 Å². The van der Waals surface area contributed by atoms with E-state index in [-0.39, 0.29) is 5.75 Å². The van der Waals surface area contributed by atoms with Gasteiger partial charge in [-0.1, -0.05) is 0 Å². The van der Waals surface area contributed by atoms with E-state index in [1.54, 1.807) is 6.07 Å². The third-order valence-corrected chi connectivity index (χ3v) is 3.02. The minimum atomic E-state index is 0.144. The van der Waals surface area contributed by atoms with Crippen molar-refractivity contribution in [3.63, 3.8) is 0 Å². The predicted molar refractivity (Wildman–Crippen MR) is 54.2 cm³/mol. The molecule has 0 saturated heterocycles. The van der Waals surface area contributed by atoms with E-state index in [2.05, 4.69) is 6.07 Å². The average Bonchev–Trinajstić information content (AvgIpc) is 2.18. The summed E-state index contributed by atoms with van der Waals surface area (Å²) in [5.74, 6) is 0.144. The van der Waals surface area contributed by atoms with Crippen LogP contribution in [0.2, 0.25) is 0 Å². The first-order valence-corrected chi connectivity index (χ1v) is 4.98. The first-order chi connectivity index (χ1) is 6.74. The van der Waals surface area contributed by atoms with Gasteiger partial charge in [-0.25, -0.2) is 0 Å². The Hall–Kier alpha value is -1.49. The molecule has 0 spiro atoms. The van der Waals surface area contributed by atoms with Crippen LogP contribution in [0, 0.1) is 18.3 Å². The van der Waals surface area contributed by atoms with Crippen molar-refractivity contribution in [2.75, 3.05) is 0 Å². The summed E-state index contributed by atoms with van der Waals surface area (Å²) in [6.07, 6.45) is 4.48. The molecular weight excluding hydrogens is 174 g/mol. The molecule has 2 heteroatoms. The van der Waals surface area contributed by atoms with Gasteiger partial charge in [0.15, 0.2) is 0 Å². The molecule has 2 nitrogen and oxygen atoms in total. The van der Waals surface area contributed by atoms with Crippen molar-refractivity contribution in [1.82, 2.24) is 0 Å². The molecule has 0 atom stereocenters. The molecule has 1 aliphatic carbocycles. The summed E-state index contributed by atoms with van der Waals surface area (Å²) in [4.78, 5) is 0. The lowest BCUT2D eigenvalue weighted by atomic mass is 9.86. The van der Waals surface area contributed by atoms with Crippen LogP contribution < -0.4 is 0 Å². The first kappa shape index (κ1) is 9.08. The van der Waals surface area contributed by atoms with Crippen LogP contribution in [0.15, 0.2) is 6.07 Å². The maximum atomic E-state index is 9.62. The Balaban J connectivity index is 2.65. The highest BCUT2D eigenvalue weighted by molar-refractivity contribution is 5.55. The number of hydrogen-bond donors (Lipinski definition) is 1. The topological polar surface area (TPSA) is 44.0 Å². The van der Waals surface area contributed by atoms with Crippen LogP contribution in [-0.2, 0) is 12.8 Å². The van der Waals surface area contributed by atoms with Crippen LogP contribution in [0.3, 0.4) is 0 Å². The summed E-state index contributed by atoms with van der Waals surface area (Å²) >= 11 is 0. The zero-order valence-electron chi connectivity index (χ0n) is 8.30. The average molecular weight is 187 g/mol. The van der Waals surface area contributed by atoms with Crippen LogP contribution >= 0.6 is 0 Å². The van der Waals surface area contributed by atoms with Crippen molar-refractivity contribution < 1.29 is 5.11 Å². The van der Waals surface area contributed by atoms with E-state index in [4.69, 9.17) is 5.26 Å². The highest BCUT2D eigenvalue weighted by Crippen LogP contribution is 2.31. The molecule has 2 rings (SSSR count). The molecule has 0 amide bonds. The Morgan fingerprint density at radius 2 is 2.07 bits per heavy atom. The summed E-state index contributed by atoms with van der Waals surface area (Å²) in [5, 5.41) is 18.5. The number of benzene rings is 1. The molecule has 0 heterocycles. The van der Waals surface area contributed by atoms with Gasteiger partial charge in [0.05, 0.1) is 5.56 Å². The number of fused-ring (bicyclic) bond motifs is 1. The van der Waals surface area contributed by atoms with Crippen molar-refractivity contribution in [2.45, 2.75) is 32.6 Å². The number of nitrogens with zero attached hydrogens (tertiary/aromatic N) is 1. The molecule has 0 fully saturated rings. The van der Waals surface area contributed by atoms with E-state index < -0.39 is 0 Å². The number of aryl methyl sites for hydroxylation is 1. The number of rotatable bonds is 0. The normalized spacial score (nSPS) is 14.6. The van der Waals surface area contributed by atoms with Crippen LogP contribution in [0.1, 0.15) is 35.1 Å². The van der Waals surface area contributed by atoms with Crippen LogP contribution in [0.5, 0.6) is 5.75 Å². The second-order valence-corrected chi connectivity index (χ2v) is 3.85. The van der Waals surface area contributed by atoms with Crippen molar-refractivity contribution in [3.8, 4) is 11.8 Å². The molecule has 0 aliphatic heterocycles. The number of phenolic OH excluding ortho intramolecular Hbond substituents is 1. The van der Waals surface area contributed by atoms with Gasteiger partial charge in [-0.3, -0.25) is 0 Å². The second-order valence-electron chi connectivity index (χ2n) is 3.85. The molecule has 1 aromatic rings. The fourth-order valence-electron chi connectivity index (χ4n) is 2.24. The van der Waals surface area contributed by atoms with Gasteiger partial charge in [0.25, 0.3) is 0 Å². The largest absolute Gasteiger partial charge is 0.507 e. The summed E-state index contributed by atoms with van der Waals surface area (Å²) in [7, 11) is 0. The lowest BCUT2D eigenvalue weighted by molar-refractivity contribution is 0.470. The summed E-state index contributed by atoms with van der Waals surface area (Å²) in [5.41, 5.74) is 3.93. The smallest absolute Gasteiger partial charge is 0.133 e. The Kier molecular flexibility index (Phi) is 2.17. The molecule has 72 valence electrons. The number of aromatic hydroxyl groups is 1. The zero-order chi connectivity index (χ0) is 10.1. The monoisotopic (exact) mass is 187 g/mol. The maximum Gasteiger partial charge on any atom is 0.133 e. The molecule has 0 saturated carbocycles. The van der Waals surface area contributed by atoms with Crippen molar-refractivity contribution >= 4 is 0 Å². The van der Waals surface area contributed by atoms with E-state index in [1.165, 1.54) is 24.0 Å². The van der Waals surface area contributed by atoms with E-state index in [0.29, 0.717) is 5.56 Å². The van der Waals surface area contributed by atoms with Crippen LogP contribution in [0.4, 0.5) is 0 Å². The van der Waals surface area contributed by atoms with Gasteiger partial charge in [-0.15, -0.1) is 0 Å². The Morgan fingerprint density at radius 1 is 1.36 bits per heavy atom. The van der Waals surface area contributed by atoms with Crippen molar-refractivity contribution in [2.24, 2.45) is 0 Å². The number of nitriles is 1.